The second-order valence-electron chi connectivity index (χ2n) is 4.13. The van der Waals surface area contributed by atoms with E-state index in [9.17, 15) is 13.2 Å². The lowest BCUT2D eigenvalue weighted by Gasteiger charge is -2.11. The number of alkyl halides is 3. The van der Waals surface area contributed by atoms with Crippen LogP contribution in [0.5, 0.6) is 0 Å². The van der Waals surface area contributed by atoms with Gasteiger partial charge in [0.2, 0.25) is 0 Å². The molecule has 0 atom stereocenters. The molecule has 1 radical (unpaired) electrons. The zero-order chi connectivity index (χ0) is 13.2. The fourth-order valence-corrected chi connectivity index (χ4v) is 2.00. The average molecular weight is 252 g/mol. The quantitative estimate of drug-likeness (QED) is 0.788. The summed E-state index contributed by atoms with van der Waals surface area (Å²) in [6.07, 6.45) is -0.574. The van der Waals surface area contributed by atoms with Gasteiger partial charge in [0.1, 0.15) is 0 Å². The highest BCUT2D eigenvalue weighted by atomic mass is 19.4. The minimum Gasteiger partial charge on any atom is -0.256 e. The lowest BCUT2D eigenvalue weighted by Crippen LogP contribution is -2.07. The van der Waals surface area contributed by atoms with Crippen LogP contribution in [0.4, 0.5) is 13.2 Å². The summed E-state index contributed by atoms with van der Waals surface area (Å²) in [5.74, 6) is 0. The number of para-hydroxylation sites is 1. The van der Waals surface area contributed by atoms with Gasteiger partial charge >= 0.3 is 6.18 Å². The van der Waals surface area contributed by atoms with E-state index >= 15 is 0 Å². The average Bonchev–Trinajstić information content (AvgIpc) is 2.34. The van der Waals surface area contributed by atoms with Gasteiger partial charge in [-0.3, -0.25) is 4.98 Å². The Balaban J connectivity index is 2.58. The molecule has 2 rings (SSSR count). The van der Waals surface area contributed by atoms with Crippen molar-refractivity contribution in [2.75, 3.05) is 0 Å². The van der Waals surface area contributed by atoms with Gasteiger partial charge in [-0.15, -0.1) is 0 Å². The molecule has 0 fully saturated rings. The number of aryl methyl sites for hydroxylation is 1. The van der Waals surface area contributed by atoms with Crippen LogP contribution in [0.3, 0.4) is 0 Å². The molecule has 0 bridgehead atoms. The zero-order valence-electron chi connectivity index (χ0n) is 9.80. The molecule has 0 spiro atoms. The number of halogens is 3. The first-order chi connectivity index (χ1) is 8.54. The Bertz CT molecular complexity index is 546. The van der Waals surface area contributed by atoms with Crippen molar-refractivity contribution >= 4 is 10.9 Å². The number of nitrogens with zero attached hydrogens (tertiary/aromatic N) is 1. The summed E-state index contributed by atoms with van der Waals surface area (Å²) in [4.78, 5) is 3.88. The molecule has 95 valence electrons. The molecule has 1 aromatic heterocycles. The van der Waals surface area contributed by atoms with E-state index in [-0.39, 0.29) is 5.52 Å². The lowest BCUT2D eigenvalue weighted by molar-refractivity contribution is -0.136. The molecule has 1 nitrogen and oxygen atoms in total. The van der Waals surface area contributed by atoms with Crippen molar-refractivity contribution < 1.29 is 13.2 Å². The summed E-state index contributed by atoms with van der Waals surface area (Å²) >= 11 is 0. The highest BCUT2D eigenvalue weighted by molar-refractivity contribution is 5.85. The number of unbranched alkanes of at least 4 members (excludes halogenated alkanes) is 1. The Hall–Kier alpha value is -1.58. The Kier molecular flexibility index (Phi) is 3.55. The van der Waals surface area contributed by atoms with Gasteiger partial charge in [-0.2, -0.15) is 13.2 Å². The topological polar surface area (TPSA) is 12.9 Å². The number of rotatable bonds is 3. The molecule has 0 amide bonds. The van der Waals surface area contributed by atoms with E-state index < -0.39 is 11.7 Å². The van der Waals surface area contributed by atoms with E-state index in [1.807, 2.05) is 0 Å². The fourth-order valence-electron chi connectivity index (χ4n) is 2.00. The SMILES string of the molecule is [CH2]CCCc1ccnc2c(C(F)(F)F)cccc12. The van der Waals surface area contributed by atoms with Crippen molar-refractivity contribution in [2.24, 2.45) is 0 Å². The number of pyridine rings is 1. The van der Waals surface area contributed by atoms with Crippen LogP contribution in [-0.4, -0.2) is 4.98 Å². The molecule has 0 saturated heterocycles. The van der Waals surface area contributed by atoms with Crippen molar-refractivity contribution in [3.8, 4) is 0 Å². The second-order valence-corrected chi connectivity index (χ2v) is 4.13. The summed E-state index contributed by atoms with van der Waals surface area (Å²) in [5, 5.41) is 0.584. The van der Waals surface area contributed by atoms with Crippen molar-refractivity contribution in [3.63, 3.8) is 0 Å². The molecule has 1 aromatic carbocycles. The van der Waals surface area contributed by atoms with Crippen LogP contribution in [0.15, 0.2) is 30.5 Å². The van der Waals surface area contributed by atoms with Crippen molar-refractivity contribution in [2.45, 2.75) is 25.4 Å². The molecule has 0 unspecified atom stereocenters. The molecular weight excluding hydrogens is 239 g/mol. The molecule has 18 heavy (non-hydrogen) atoms. The zero-order valence-corrected chi connectivity index (χ0v) is 9.80. The molecule has 0 aliphatic heterocycles. The lowest BCUT2D eigenvalue weighted by atomic mass is 10.0. The predicted molar refractivity (Wildman–Crippen MR) is 65.0 cm³/mol. The second kappa shape index (κ2) is 4.96. The maximum Gasteiger partial charge on any atom is 0.418 e. The van der Waals surface area contributed by atoms with Gasteiger partial charge in [-0.05, 0) is 30.5 Å². The van der Waals surface area contributed by atoms with E-state index in [4.69, 9.17) is 0 Å². The van der Waals surface area contributed by atoms with Crippen LogP contribution < -0.4 is 0 Å². The third kappa shape index (κ3) is 2.47. The van der Waals surface area contributed by atoms with E-state index in [0.717, 1.165) is 30.9 Å². The number of aromatic nitrogens is 1. The third-order valence-electron chi connectivity index (χ3n) is 2.86. The van der Waals surface area contributed by atoms with Crippen LogP contribution >= 0.6 is 0 Å². The minimum atomic E-state index is -4.36. The first kappa shape index (κ1) is 12.9. The first-order valence-corrected chi connectivity index (χ1v) is 5.77. The van der Waals surface area contributed by atoms with E-state index in [2.05, 4.69) is 11.9 Å². The maximum atomic E-state index is 12.9. The third-order valence-corrected chi connectivity index (χ3v) is 2.86. The Labute approximate surface area is 104 Å². The van der Waals surface area contributed by atoms with Crippen LogP contribution in [0, 0.1) is 6.92 Å². The Morgan fingerprint density at radius 1 is 1.17 bits per heavy atom. The van der Waals surface area contributed by atoms with Crippen molar-refractivity contribution in [3.05, 3.63) is 48.5 Å². The van der Waals surface area contributed by atoms with Crippen LogP contribution in [0.2, 0.25) is 0 Å². The van der Waals surface area contributed by atoms with Crippen molar-refractivity contribution in [1.82, 2.24) is 4.98 Å². The summed E-state index contributed by atoms with van der Waals surface area (Å²) < 4.78 is 38.6. The Morgan fingerprint density at radius 3 is 2.61 bits per heavy atom. The van der Waals surface area contributed by atoms with E-state index in [1.165, 1.54) is 12.3 Å². The molecule has 2 aromatic rings. The summed E-state index contributed by atoms with van der Waals surface area (Å²) in [6.45, 7) is 3.74. The van der Waals surface area contributed by atoms with Crippen LogP contribution in [0.1, 0.15) is 24.0 Å². The highest BCUT2D eigenvalue weighted by Crippen LogP contribution is 2.34. The van der Waals surface area contributed by atoms with Gasteiger partial charge in [-0.25, -0.2) is 0 Å². The predicted octanol–water partition coefficient (Wildman–Crippen LogP) is 4.41. The van der Waals surface area contributed by atoms with Gasteiger partial charge in [0, 0.05) is 11.6 Å². The monoisotopic (exact) mass is 252 g/mol. The fraction of sp³-hybridized carbons (Fsp3) is 0.286. The van der Waals surface area contributed by atoms with Crippen LogP contribution in [-0.2, 0) is 12.6 Å². The summed E-state index contributed by atoms with van der Waals surface area (Å²) in [6, 6.07) is 5.97. The van der Waals surface area contributed by atoms with Gasteiger partial charge in [0.15, 0.2) is 0 Å². The first-order valence-electron chi connectivity index (χ1n) is 5.77. The van der Waals surface area contributed by atoms with Crippen LogP contribution in [0.25, 0.3) is 10.9 Å². The van der Waals surface area contributed by atoms with Gasteiger partial charge in [0.25, 0.3) is 0 Å². The highest BCUT2D eigenvalue weighted by Gasteiger charge is 2.33. The molecule has 1 heterocycles. The molecule has 0 aliphatic rings. The standard InChI is InChI=1S/C14H13F3N/c1-2-3-5-10-8-9-18-13-11(10)6-4-7-12(13)14(15,16)17/h4,6-9H,1-3,5H2. The summed E-state index contributed by atoms with van der Waals surface area (Å²) in [7, 11) is 0. The number of hydrogen-bond acceptors (Lipinski definition) is 1. The minimum absolute atomic E-state index is 0.0339. The maximum absolute atomic E-state index is 12.9. The van der Waals surface area contributed by atoms with Crippen molar-refractivity contribution in [1.29, 1.82) is 0 Å². The molecule has 0 aliphatic carbocycles. The number of fused-ring (bicyclic) bond motifs is 1. The molecule has 0 saturated carbocycles. The Morgan fingerprint density at radius 2 is 1.94 bits per heavy atom. The number of benzene rings is 1. The van der Waals surface area contributed by atoms with Gasteiger partial charge in [-0.1, -0.05) is 25.5 Å². The summed E-state index contributed by atoms with van der Waals surface area (Å²) in [5.41, 5.74) is 0.262. The molecule has 0 N–H and O–H groups in total. The largest absolute Gasteiger partial charge is 0.418 e. The smallest absolute Gasteiger partial charge is 0.256 e. The van der Waals surface area contributed by atoms with E-state index in [1.54, 1.807) is 12.1 Å². The van der Waals surface area contributed by atoms with E-state index in [0.29, 0.717) is 5.39 Å². The number of hydrogen-bond donors (Lipinski definition) is 0. The molecular formula is C14H13F3N. The normalized spacial score (nSPS) is 12.0. The molecule has 4 heteroatoms. The van der Waals surface area contributed by atoms with Gasteiger partial charge in [0.05, 0.1) is 11.1 Å². The van der Waals surface area contributed by atoms with Gasteiger partial charge < -0.3 is 0 Å².